The molecule has 1 aliphatic carbocycles. The van der Waals surface area contributed by atoms with Crippen molar-refractivity contribution in [3.8, 4) is 0 Å². The molecule has 0 heterocycles. The van der Waals surface area contributed by atoms with E-state index in [2.05, 4.69) is 4.99 Å². The third-order valence-corrected chi connectivity index (χ3v) is 4.14. The zero-order chi connectivity index (χ0) is 15.7. The van der Waals surface area contributed by atoms with Gasteiger partial charge in [-0.3, -0.25) is 9.79 Å². The SMILES string of the molecule is O=C1C(C=NCc2ccc(Cl)c(Cl)c2)=C(O)c2ccccc21. The second-order valence-electron chi connectivity index (χ2n) is 4.86. The highest BCUT2D eigenvalue weighted by Crippen LogP contribution is 2.30. The summed E-state index contributed by atoms with van der Waals surface area (Å²) in [5, 5.41) is 11.1. The van der Waals surface area contributed by atoms with Gasteiger partial charge in [-0.1, -0.05) is 53.5 Å². The minimum Gasteiger partial charge on any atom is -0.506 e. The van der Waals surface area contributed by atoms with E-state index in [1.54, 1.807) is 36.4 Å². The smallest absolute Gasteiger partial charge is 0.199 e. The Morgan fingerprint density at radius 3 is 2.45 bits per heavy atom. The van der Waals surface area contributed by atoms with Gasteiger partial charge in [0.05, 0.1) is 22.2 Å². The Morgan fingerprint density at radius 2 is 1.77 bits per heavy atom. The topological polar surface area (TPSA) is 49.7 Å². The average molecular weight is 332 g/mol. The van der Waals surface area contributed by atoms with E-state index in [0.29, 0.717) is 27.7 Å². The number of hydrogen-bond acceptors (Lipinski definition) is 3. The molecule has 0 amide bonds. The lowest BCUT2D eigenvalue weighted by atomic mass is 10.1. The Bertz CT molecular complexity index is 825. The number of fused-ring (bicyclic) bond motifs is 1. The maximum Gasteiger partial charge on any atom is 0.199 e. The minimum absolute atomic E-state index is 0.0292. The third kappa shape index (κ3) is 2.65. The van der Waals surface area contributed by atoms with E-state index in [1.807, 2.05) is 6.07 Å². The van der Waals surface area contributed by atoms with Crippen LogP contribution in [0.2, 0.25) is 10.0 Å². The summed E-state index contributed by atoms with van der Waals surface area (Å²) >= 11 is 11.8. The van der Waals surface area contributed by atoms with Gasteiger partial charge < -0.3 is 5.11 Å². The standard InChI is InChI=1S/C17H11Cl2NO2/c18-14-6-5-10(7-15(14)19)8-20-9-13-16(21)11-3-1-2-4-12(11)17(13)22/h1-7,9,21H,8H2. The molecule has 0 radical (unpaired) electrons. The fourth-order valence-corrected chi connectivity index (χ4v) is 2.61. The van der Waals surface area contributed by atoms with Crippen LogP contribution in [0.15, 0.2) is 53.0 Å². The first-order chi connectivity index (χ1) is 10.6. The normalized spacial score (nSPS) is 14.0. The predicted molar refractivity (Wildman–Crippen MR) is 89.0 cm³/mol. The number of nitrogens with zero attached hydrogens (tertiary/aromatic N) is 1. The van der Waals surface area contributed by atoms with Crippen molar-refractivity contribution in [1.29, 1.82) is 0 Å². The number of aliphatic imine (C=N–C) groups is 1. The largest absolute Gasteiger partial charge is 0.506 e. The molecule has 0 saturated carbocycles. The molecule has 1 aliphatic rings. The highest BCUT2D eigenvalue weighted by atomic mass is 35.5. The molecule has 3 nitrogen and oxygen atoms in total. The number of allylic oxidation sites excluding steroid dienone is 1. The first-order valence-corrected chi connectivity index (χ1v) is 7.34. The van der Waals surface area contributed by atoms with E-state index < -0.39 is 0 Å². The molecular weight excluding hydrogens is 321 g/mol. The van der Waals surface area contributed by atoms with Crippen LogP contribution < -0.4 is 0 Å². The molecule has 3 rings (SSSR count). The lowest BCUT2D eigenvalue weighted by molar-refractivity contribution is 0.104. The number of Topliss-reactive ketones (excluding diaryl/α,β-unsaturated/α-hetero) is 1. The molecule has 0 atom stereocenters. The zero-order valence-electron chi connectivity index (χ0n) is 11.4. The van der Waals surface area contributed by atoms with E-state index in [1.165, 1.54) is 6.21 Å². The quantitative estimate of drug-likeness (QED) is 0.826. The maximum absolute atomic E-state index is 12.2. The lowest BCUT2D eigenvalue weighted by Crippen LogP contribution is -2.00. The van der Waals surface area contributed by atoms with Crippen molar-refractivity contribution in [3.05, 3.63) is 74.8 Å². The second-order valence-corrected chi connectivity index (χ2v) is 5.67. The Morgan fingerprint density at radius 1 is 1.05 bits per heavy atom. The third-order valence-electron chi connectivity index (χ3n) is 3.40. The van der Waals surface area contributed by atoms with Crippen LogP contribution in [0.25, 0.3) is 5.76 Å². The van der Waals surface area contributed by atoms with E-state index in [-0.39, 0.29) is 17.1 Å². The summed E-state index contributed by atoms with van der Waals surface area (Å²) in [6.07, 6.45) is 1.40. The van der Waals surface area contributed by atoms with Crippen molar-refractivity contribution in [2.45, 2.75) is 6.54 Å². The molecule has 22 heavy (non-hydrogen) atoms. The Hall–Kier alpha value is -2.10. The van der Waals surface area contributed by atoms with Crippen LogP contribution in [-0.4, -0.2) is 17.1 Å². The molecule has 5 heteroatoms. The molecule has 0 aromatic heterocycles. The summed E-state index contributed by atoms with van der Waals surface area (Å²) in [4.78, 5) is 16.4. The molecule has 0 saturated heterocycles. The Labute approximate surface area is 137 Å². The van der Waals surface area contributed by atoms with Crippen LogP contribution >= 0.6 is 23.2 Å². The van der Waals surface area contributed by atoms with Crippen molar-refractivity contribution in [2.75, 3.05) is 0 Å². The number of halogens is 2. The van der Waals surface area contributed by atoms with Crippen molar-refractivity contribution >= 4 is 41.0 Å². The summed E-state index contributed by atoms with van der Waals surface area (Å²) < 4.78 is 0. The summed E-state index contributed by atoms with van der Waals surface area (Å²) in [5.74, 6) is -0.246. The number of hydrogen-bond donors (Lipinski definition) is 1. The summed E-state index contributed by atoms with van der Waals surface area (Å²) in [5.41, 5.74) is 2.12. The van der Waals surface area contributed by atoms with Crippen molar-refractivity contribution < 1.29 is 9.90 Å². The Kier molecular flexibility index (Phi) is 4.01. The van der Waals surface area contributed by atoms with Crippen LogP contribution in [0.4, 0.5) is 0 Å². The van der Waals surface area contributed by atoms with Gasteiger partial charge in [0.1, 0.15) is 5.76 Å². The van der Waals surface area contributed by atoms with Gasteiger partial charge in [0.2, 0.25) is 0 Å². The average Bonchev–Trinajstić information content (AvgIpc) is 2.76. The molecule has 0 spiro atoms. The summed E-state index contributed by atoms with van der Waals surface area (Å²) in [6.45, 7) is 0.345. The number of rotatable bonds is 3. The van der Waals surface area contributed by atoms with Crippen LogP contribution in [0.5, 0.6) is 0 Å². The van der Waals surface area contributed by atoms with Gasteiger partial charge in [-0.05, 0) is 17.7 Å². The number of aliphatic hydroxyl groups is 1. The fraction of sp³-hybridized carbons (Fsp3) is 0.0588. The maximum atomic E-state index is 12.2. The van der Waals surface area contributed by atoms with Crippen LogP contribution in [0, 0.1) is 0 Å². The number of aliphatic hydroxyl groups excluding tert-OH is 1. The highest BCUT2D eigenvalue weighted by Gasteiger charge is 2.27. The monoisotopic (exact) mass is 331 g/mol. The van der Waals surface area contributed by atoms with Crippen LogP contribution in [0.3, 0.4) is 0 Å². The highest BCUT2D eigenvalue weighted by molar-refractivity contribution is 6.42. The lowest BCUT2D eigenvalue weighted by Gasteiger charge is -1.99. The summed E-state index contributed by atoms with van der Waals surface area (Å²) in [6, 6.07) is 12.2. The van der Waals surface area contributed by atoms with Crippen molar-refractivity contribution in [3.63, 3.8) is 0 Å². The van der Waals surface area contributed by atoms with E-state index in [4.69, 9.17) is 23.2 Å². The first kappa shape index (κ1) is 14.8. The van der Waals surface area contributed by atoms with E-state index >= 15 is 0 Å². The number of ketones is 1. The van der Waals surface area contributed by atoms with E-state index in [9.17, 15) is 9.90 Å². The molecule has 2 aromatic rings. The molecule has 2 aromatic carbocycles. The number of carbonyl (C=O) groups is 1. The van der Waals surface area contributed by atoms with Gasteiger partial charge in [0.15, 0.2) is 5.78 Å². The molecule has 0 unspecified atom stereocenters. The van der Waals surface area contributed by atoms with Gasteiger partial charge in [-0.25, -0.2) is 0 Å². The molecule has 0 fully saturated rings. The summed E-state index contributed by atoms with van der Waals surface area (Å²) in [7, 11) is 0. The minimum atomic E-state index is -0.217. The second kappa shape index (κ2) is 5.95. The van der Waals surface area contributed by atoms with E-state index in [0.717, 1.165) is 5.56 Å². The number of benzene rings is 2. The van der Waals surface area contributed by atoms with Gasteiger partial charge in [-0.2, -0.15) is 0 Å². The van der Waals surface area contributed by atoms with Gasteiger partial charge >= 0.3 is 0 Å². The fourth-order valence-electron chi connectivity index (χ4n) is 2.29. The first-order valence-electron chi connectivity index (χ1n) is 6.59. The van der Waals surface area contributed by atoms with Gasteiger partial charge in [-0.15, -0.1) is 0 Å². The van der Waals surface area contributed by atoms with Crippen molar-refractivity contribution in [2.24, 2.45) is 4.99 Å². The Balaban J connectivity index is 1.80. The van der Waals surface area contributed by atoms with Crippen LogP contribution in [-0.2, 0) is 6.54 Å². The van der Waals surface area contributed by atoms with Crippen molar-refractivity contribution in [1.82, 2.24) is 0 Å². The van der Waals surface area contributed by atoms with Gasteiger partial charge in [0, 0.05) is 17.3 Å². The molecule has 0 aliphatic heterocycles. The van der Waals surface area contributed by atoms with Crippen LogP contribution in [0.1, 0.15) is 21.5 Å². The predicted octanol–water partition coefficient (Wildman–Crippen LogP) is 4.73. The molecule has 1 N–H and O–H groups in total. The molecule has 110 valence electrons. The van der Waals surface area contributed by atoms with Gasteiger partial charge in [0.25, 0.3) is 0 Å². The zero-order valence-corrected chi connectivity index (χ0v) is 12.9. The molecule has 0 bridgehead atoms. The number of carbonyl (C=O) groups excluding carboxylic acids is 1. The molecular formula is C17H11Cl2NO2.